The molecule has 0 heterocycles. The zero-order chi connectivity index (χ0) is 9.84. The Bertz CT molecular complexity index is 330. The Balaban J connectivity index is 0.00000169. The number of rotatable bonds is 3. The Kier molecular flexibility index (Phi) is 4.72. The molecule has 0 aliphatic carbocycles. The quantitative estimate of drug-likeness (QED) is 0.478. The molecule has 0 aliphatic heterocycles. The van der Waals surface area contributed by atoms with E-state index in [4.69, 9.17) is 10.5 Å². The summed E-state index contributed by atoms with van der Waals surface area (Å²) in [6, 6.07) is 4.45. The number of ether oxygens (including phenoxy) is 1. The van der Waals surface area contributed by atoms with Gasteiger partial charge in [-0.05, 0) is 13.0 Å². The molecule has 0 saturated heterocycles. The van der Waals surface area contributed by atoms with E-state index in [9.17, 15) is 10.1 Å². The Morgan fingerprint density at radius 3 is 2.71 bits per heavy atom. The SMILES string of the molecule is CCOc1c(N)cccc1[N+](=O)[O-].Cl. The number of halogens is 1. The summed E-state index contributed by atoms with van der Waals surface area (Å²) >= 11 is 0. The van der Waals surface area contributed by atoms with E-state index in [1.165, 1.54) is 12.1 Å². The molecule has 14 heavy (non-hydrogen) atoms. The number of benzene rings is 1. The van der Waals surface area contributed by atoms with E-state index in [2.05, 4.69) is 0 Å². The number of nitro benzene ring substituents is 1. The van der Waals surface area contributed by atoms with E-state index in [1.807, 2.05) is 0 Å². The number of hydrogen-bond donors (Lipinski definition) is 1. The van der Waals surface area contributed by atoms with Gasteiger partial charge in [0.25, 0.3) is 0 Å². The van der Waals surface area contributed by atoms with Crippen LogP contribution in [0.25, 0.3) is 0 Å². The first-order valence-corrected chi connectivity index (χ1v) is 3.82. The maximum Gasteiger partial charge on any atom is 0.313 e. The largest absolute Gasteiger partial charge is 0.486 e. The fraction of sp³-hybridized carbons (Fsp3) is 0.250. The highest BCUT2D eigenvalue weighted by atomic mass is 35.5. The molecule has 5 nitrogen and oxygen atoms in total. The van der Waals surface area contributed by atoms with Crippen LogP contribution >= 0.6 is 12.4 Å². The molecule has 0 atom stereocenters. The van der Waals surface area contributed by atoms with Gasteiger partial charge in [-0.1, -0.05) is 6.07 Å². The van der Waals surface area contributed by atoms with E-state index in [0.717, 1.165) is 0 Å². The van der Waals surface area contributed by atoms with Gasteiger partial charge < -0.3 is 10.5 Å². The molecule has 0 aliphatic rings. The van der Waals surface area contributed by atoms with Gasteiger partial charge >= 0.3 is 5.69 Å². The zero-order valence-electron chi connectivity index (χ0n) is 7.60. The molecule has 1 rings (SSSR count). The van der Waals surface area contributed by atoms with Crippen LogP contribution in [-0.2, 0) is 0 Å². The number of nitro groups is 1. The predicted octanol–water partition coefficient (Wildman–Crippen LogP) is 2.00. The maximum absolute atomic E-state index is 10.5. The lowest BCUT2D eigenvalue weighted by molar-refractivity contribution is -0.385. The number of nitrogens with zero attached hydrogens (tertiary/aromatic N) is 1. The van der Waals surface area contributed by atoms with Crippen molar-refractivity contribution in [1.29, 1.82) is 0 Å². The second-order valence-corrected chi connectivity index (χ2v) is 2.39. The van der Waals surface area contributed by atoms with Crippen molar-refractivity contribution in [2.45, 2.75) is 6.92 Å². The number of anilines is 1. The Hall–Kier alpha value is -1.49. The lowest BCUT2D eigenvalue weighted by atomic mass is 10.2. The van der Waals surface area contributed by atoms with Crippen molar-refractivity contribution < 1.29 is 9.66 Å². The first-order chi connectivity index (χ1) is 6.16. The van der Waals surface area contributed by atoms with Gasteiger partial charge in [-0.25, -0.2) is 0 Å². The summed E-state index contributed by atoms with van der Waals surface area (Å²) in [7, 11) is 0. The van der Waals surface area contributed by atoms with E-state index < -0.39 is 4.92 Å². The van der Waals surface area contributed by atoms with Crippen LogP contribution in [0.5, 0.6) is 5.75 Å². The van der Waals surface area contributed by atoms with Gasteiger partial charge in [-0.3, -0.25) is 10.1 Å². The van der Waals surface area contributed by atoms with E-state index in [0.29, 0.717) is 6.61 Å². The minimum Gasteiger partial charge on any atom is -0.486 e. The number of nitrogen functional groups attached to an aromatic ring is 1. The summed E-state index contributed by atoms with van der Waals surface area (Å²) in [5.74, 6) is 0.148. The lowest BCUT2D eigenvalue weighted by Crippen LogP contribution is -2.00. The monoisotopic (exact) mass is 218 g/mol. The second kappa shape index (κ2) is 5.29. The highest BCUT2D eigenvalue weighted by Gasteiger charge is 2.16. The normalized spacial score (nSPS) is 8.93. The van der Waals surface area contributed by atoms with Crippen LogP contribution < -0.4 is 10.5 Å². The standard InChI is InChI=1S/C8H10N2O3.ClH/c1-2-13-8-6(9)4-3-5-7(8)10(11)12;/h3-5H,2,9H2,1H3;1H. The predicted molar refractivity (Wildman–Crippen MR) is 55.9 cm³/mol. The van der Waals surface area contributed by atoms with Gasteiger partial charge in [-0.15, -0.1) is 12.4 Å². The fourth-order valence-corrected chi connectivity index (χ4v) is 0.988. The molecule has 2 N–H and O–H groups in total. The summed E-state index contributed by atoms with van der Waals surface area (Å²) in [4.78, 5) is 10.0. The summed E-state index contributed by atoms with van der Waals surface area (Å²) < 4.78 is 5.06. The lowest BCUT2D eigenvalue weighted by Gasteiger charge is -2.05. The van der Waals surface area contributed by atoms with Crippen LogP contribution in [0.2, 0.25) is 0 Å². The first-order valence-electron chi connectivity index (χ1n) is 3.82. The Morgan fingerprint density at radius 2 is 2.21 bits per heavy atom. The highest BCUT2D eigenvalue weighted by Crippen LogP contribution is 2.32. The van der Waals surface area contributed by atoms with E-state index in [1.54, 1.807) is 13.0 Å². The highest BCUT2D eigenvalue weighted by molar-refractivity contribution is 5.85. The van der Waals surface area contributed by atoms with Crippen LogP contribution in [0.4, 0.5) is 11.4 Å². The first kappa shape index (κ1) is 12.5. The number of nitrogens with two attached hydrogens (primary N) is 1. The summed E-state index contributed by atoms with van der Waals surface area (Å²) in [5, 5.41) is 10.5. The minimum atomic E-state index is -0.513. The molecule has 6 heteroatoms. The molecule has 78 valence electrons. The molecule has 0 radical (unpaired) electrons. The molecule has 0 fully saturated rings. The van der Waals surface area contributed by atoms with E-state index >= 15 is 0 Å². The van der Waals surface area contributed by atoms with Crippen LogP contribution in [0, 0.1) is 10.1 Å². The third-order valence-corrected chi connectivity index (χ3v) is 1.51. The summed E-state index contributed by atoms with van der Waals surface area (Å²) in [6.45, 7) is 2.10. The zero-order valence-corrected chi connectivity index (χ0v) is 8.41. The van der Waals surface area contributed by atoms with Crippen molar-refractivity contribution in [3.63, 3.8) is 0 Å². The van der Waals surface area contributed by atoms with Gasteiger partial charge in [0.05, 0.1) is 17.2 Å². The summed E-state index contributed by atoms with van der Waals surface area (Å²) in [5.41, 5.74) is 5.71. The van der Waals surface area contributed by atoms with Gasteiger partial charge in [0, 0.05) is 6.07 Å². The molecule has 0 unspecified atom stereocenters. The molecule has 0 spiro atoms. The average Bonchev–Trinajstić information content (AvgIpc) is 2.08. The third-order valence-electron chi connectivity index (χ3n) is 1.51. The van der Waals surface area contributed by atoms with Crippen molar-refractivity contribution in [2.75, 3.05) is 12.3 Å². The molecular formula is C8H11ClN2O3. The topological polar surface area (TPSA) is 78.4 Å². The summed E-state index contributed by atoms with van der Waals surface area (Å²) in [6.07, 6.45) is 0. The maximum atomic E-state index is 10.5. The van der Waals surface area contributed by atoms with Gasteiger partial charge in [0.2, 0.25) is 5.75 Å². The molecule has 0 aromatic heterocycles. The van der Waals surface area contributed by atoms with Crippen molar-refractivity contribution in [3.05, 3.63) is 28.3 Å². The third kappa shape index (κ3) is 2.50. The molecule has 1 aromatic carbocycles. The average molecular weight is 219 g/mol. The van der Waals surface area contributed by atoms with Gasteiger partial charge in [-0.2, -0.15) is 0 Å². The van der Waals surface area contributed by atoms with Gasteiger partial charge in [0.1, 0.15) is 0 Å². The van der Waals surface area contributed by atoms with Crippen molar-refractivity contribution in [2.24, 2.45) is 0 Å². The molecule has 0 amide bonds. The van der Waals surface area contributed by atoms with Crippen LogP contribution in [0.15, 0.2) is 18.2 Å². The molecule has 1 aromatic rings. The number of para-hydroxylation sites is 1. The van der Waals surface area contributed by atoms with Crippen molar-refractivity contribution in [1.82, 2.24) is 0 Å². The van der Waals surface area contributed by atoms with Crippen LogP contribution in [0.1, 0.15) is 6.92 Å². The van der Waals surface area contributed by atoms with Crippen molar-refractivity contribution >= 4 is 23.8 Å². The number of hydrogen-bond acceptors (Lipinski definition) is 4. The fourth-order valence-electron chi connectivity index (χ4n) is 0.988. The van der Waals surface area contributed by atoms with Crippen LogP contribution in [0.3, 0.4) is 0 Å². The van der Waals surface area contributed by atoms with Gasteiger partial charge in [0.15, 0.2) is 0 Å². The molecule has 0 bridgehead atoms. The Labute approximate surface area is 87.4 Å². The Morgan fingerprint density at radius 1 is 1.57 bits per heavy atom. The van der Waals surface area contributed by atoms with E-state index in [-0.39, 0.29) is 29.5 Å². The van der Waals surface area contributed by atoms with Crippen molar-refractivity contribution in [3.8, 4) is 5.75 Å². The van der Waals surface area contributed by atoms with Crippen LogP contribution in [-0.4, -0.2) is 11.5 Å². The molecular weight excluding hydrogens is 208 g/mol. The smallest absolute Gasteiger partial charge is 0.313 e. The second-order valence-electron chi connectivity index (χ2n) is 2.39. The molecule has 0 saturated carbocycles. The minimum absolute atomic E-state index is 0.